The molecule has 13 heteroatoms. The molecule has 0 atom stereocenters. The van der Waals surface area contributed by atoms with Crippen LogP contribution in [0.1, 0.15) is 39.1 Å². The van der Waals surface area contributed by atoms with E-state index < -0.39 is 0 Å². The summed E-state index contributed by atoms with van der Waals surface area (Å²) in [7, 11) is 6.81. The standard InChI is InChI=1S/C11H13N3O.C9H10N.C8H9N2.3CHO.CH4.3Ru.3H/c1-11(2)7-15-10(14-11)8-5-4-6-9(12-3)13-8;1-3-8-6-5-7-9(4-2)10-8;1-3-7-5-4-6-8(9-2)10-7;3*1-2;;;;;;;/h4-6H,3,7H2,1-2H3;3,5-7H,1-2,4H2;4-6H,1-3H2;3*1H;1H4;;;;;;/q-2;2*-3;3*-1;;;;+3;;;. The number of pyridine rings is 2. The molecule has 2 aromatic heterocycles. The molecule has 0 aromatic carbocycles. The Hall–Kier alpha value is -3.12. The molecule has 1 radical (unpaired) electrons. The van der Waals surface area contributed by atoms with Gasteiger partial charge in [-0.1, -0.05) is 43.8 Å². The normalized spacial score (nSPS) is 14.1. The average Bonchev–Trinajstić information content (AvgIpc) is 3.43. The Bertz CT molecular complexity index is 1280. The second kappa shape index (κ2) is 33.8. The molecule has 0 spiro atoms. The first-order chi connectivity index (χ1) is 19.8. The second-order valence-electron chi connectivity index (χ2n) is 7.96. The topological polar surface area (TPSA) is 140 Å². The zero-order chi connectivity index (χ0) is 31.7. The molecular formula is C32H42N6O4Ru3-8. The third kappa shape index (κ3) is 23.0. The molecule has 0 saturated heterocycles. The summed E-state index contributed by atoms with van der Waals surface area (Å²) >= 11 is 0. The first-order valence-corrected chi connectivity index (χ1v) is 11.8. The van der Waals surface area contributed by atoms with Crippen LogP contribution < -0.4 is 20.9 Å². The SMILES string of the molecule is C.[CH-]=O.[CH-]=O.[CH-]=O.[CH2-]C=C1C=CC=C(C[CH2-])[N-]1.[CH2-]Cc1cccc(=N[CH2-])[n-]1.[CH2-]N=c1cccc(C2=NC(C)(C)CO2)[n-]1.[RuH+3].[RuH].[RuH]. The van der Waals surface area contributed by atoms with E-state index in [0.717, 1.165) is 23.5 Å². The van der Waals surface area contributed by atoms with Crippen LogP contribution in [0, 0.1) is 34.9 Å². The molecule has 4 heterocycles. The first kappa shape index (κ1) is 54.4. The van der Waals surface area contributed by atoms with Gasteiger partial charge >= 0.3 is 58.4 Å². The fourth-order valence-corrected chi connectivity index (χ4v) is 2.79. The van der Waals surface area contributed by atoms with Crippen molar-refractivity contribution < 1.29 is 77.6 Å². The van der Waals surface area contributed by atoms with Crippen LogP contribution in [0.15, 0.2) is 87.1 Å². The average molecular weight is 878 g/mol. The number of hydrogen-bond acceptors (Lipinski definition) is 7. The van der Waals surface area contributed by atoms with Crippen LogP contribution in [-0.2, 0) is 84.0 Å². The number of rotatable bonds is 3. The van der Waals surface area contributed by atoms with Crippen molar-refractivity contribution in [2.24, 2.45) is 15.0 Å². The van der Waals surface area contributed by atoms with Gasteiger partial charge in [0.2, 0.25) is 5.90 Å². The first-order valence-electron chi connectivity index (χ1n) is 11.8. The van der Waals surface area contributed by atoms with Crippen molar-refractivity contribution in [1.82, 2.24) is 9.97 Å². The molecule has 0 aliphatic carbocycles. The van der Waals surface area contributed by atoms with E-state index in [-0.39, 0.29) is 71.4 Å². The minimum atomic E-state index is -0.158. The Balaban J connectivity index is -0.000000115. The van der Waals surface area contributed by atoms with Gasteiger partial charge in [-0.05, 0) is 13.8 Å². The van der Waals surface area contributed by atoms with Gasteiger partial charge in [0.1, 0.15) is 6.61 Å². The van der Waals surface area contributed by atoms with E-state index in [2.05, 4.69) is 85.5 Å². The van der Waals surface area contributed by atoms with Gasteiger partial charge in [-0.3, -0.25) is 34.5 Å². The molecule has 0 saturated carbocycles. The van der Waals surface area contributed by atoms with E-state index in [4.69, 9.17) is 19.1 Å². The number of aromatic nitrogens is 2. The second-order valence-corrected chi connectivity index (χ2v) is 7.96. The van der Waals surface area contributed by atoms with Crippen LogP contribution in [0.25, 0.3) is 5.32 Å². The van der Waals surface area contributed by atoms with E-state index in [1.54, 1.807) is 12.1 Å². The van der Waals surface area contributed by atoms with Gasteiger partial charge < -0.3 is 63.9 Å². The summed E-state index contributed by atoms with van der Waals surface area (Å²) in [5.74, 6) is 0.588. The van der Waals surface area contributed by atoms with Crippen LogP contribution in [0.5, 0.6) is 0 Å². The van der Waals surface area contributed by atoms with Crippen molar-refractivity contribution in [3.63, 3.8) is 0 Å². The quantitative estimate of drug-likeness (QED) is 0.264. The fourth-order valence-electron chi connectivity index (χ4n) is 2.79. The molecule has 256 valence electrons. The summed E-state index contributed by atoms with van der Waals surface area (Å²) in [4.78, 5) is 43.5. The van der Waals surface area contributed by atoms with Crippen molar-refractivity contribution >= 4 is 26.3 Å². The van der Waals surface area contributed by atoms with Crippen molar-refractivity contribution in [2.75, 3.05) is 6.61 Å². The van der Waals surface area contributed by atoms with Crippen molar-refractivity contribution in [3.8, 4) is 0 Å². The van der Waals surface area contributed by atoms with Gasteiger partial charge in [0.15, 0.2) is 0 Å². The third-order valence-electron chi connectivity index (χ3n) is 4.59. The predicted molar refractivity (Wildman–Crippen MR) is 172 cm³/mol. The molecule has 45 heavy (non-hydrogen) atoms. The monoisotopic (exact) mass is 880 g/mol. The van der Waals surface area contributed by atoms with Gasteiger partial charge in [0.05, 0.1) is 5.54 Å². The fraction of sp³-hybridized carbons (Fsp3) is 0.219. The van der Waals surface area contributed by atoms with Gasteiger partial charge in [0.25, 0.3) is 0 Å². The van der Waals surface area contributed by atoms with Gasteiger partial charge in [-0.2, -0.15) is 18.9 Å². The number of hydrogen-bond donors (Lipinski definition) is 0. The molecular weight excluding hydrogens is 836 g/mol. The number of aliphatic imine (C=N–C) groups is 1. The summed E-state index contributed by atoms with van der Waals surface area (Å²) in [6.07, 6.45) is 9.01. The van der Waals surface area contributed by atoms with E-state index >= 15 is 0 Å². The molecule has 0 fully saturated rings. The van der Waals surface area contributed by atoms with Gasteiger partial charge in [-0.25, -0.2) is 34.7 Å². The Morgan fingerprint density at radius 2 is 1.47 bits per heavy atom. The summed E-state index contributed by atoms with van der Waals surface area (Å²) in [5, 5.41) is 4.23. The molecule has 0 N–H and O–H groups in total. The molecule has 4 rings (SSSR count). The van der Waals surface area contributed by atoms with Crippen molar-refractivity contribution in [1.29, 1.82) is 0 Å². The Labute approximate surface area is 307 Å². The molecule has 10 nitrogen and oxygen atoms in total. The Morgan fingerprint density at radius 3 is 1.91 bits per heavy atom. The van der Waals surface area contributed by atoms with Gasteiger partial charge in [-0.15, -0.1) is 17.8 Å². The summed E-state index contributed by atoms with van der Waals surface area (Å²) in [6, 6.07) is 11.1. The van der Waals surface area contributed by atoms with Crippen LogP contribution in [0.2, 0.25) is 0 Å². The van der Waals surface area contributed by atoms with E-state index in [0.29, 0.717) is 35.6 Å². The van der Waals surface area contributed by atoms with Crippen LogP contribution in [-0.4, -0.2) is 38.4 Å². The van der Waals surface area contributed by atoms with Gasteiger partial charge in [0, 0.05) is 5.69 Å². The third-order valence-corrected chi connectivity index (χ3v) is 4.59. The zero-order valence-corrected chi connectivity index (χ0v) is 30.2. The molecule has 0 unspecified atom stereocenters. The Morgan fingerprint density at radius 1 is 0.933 bits per heavy atom. The van der Waals surface area contributed by atoms with Crippen LogP contribution in [0.4, 0.5) is 0 Å². The summed E-state index contributed by atoms with van der Waals surface area (Å²) in [6.45, 7) is 25.5. The molecule has 0 bridgehead atoms. The van der Waals surface area contributed by atoms with E-state index in [1.165, 1.54) is 0 Å². The number of allylic oxidation sites excluding steroid dienone is 5. The van der Waals surface area contributed by atoms with Crippen molar-refractivity contribution in [3.05, 3.63) is 135 Å². The zero-order valence-electron chi connectivity index (χ0n) is 24.6. The Kier molecular flexibility index (Phi) is 40.8. The van der Waals surface area contributed by atoms with E-state index in [1.807, 2.05) is 62.4 Å². The summed E-state index contributed by atoms with van der Waals surface area (Å²) < 4.78 is 5.48. The predicted octanol–water partition coefficient (Wildman–Crippen LogP) is 3.36. The maximum atomic E-state index is 7.75. The van der Waals surface area contributed by atoms with E-state index in [9.17, 15) is 0 Å². The number of nitrogens with zero attached hydrogens (tertiary/aromatic N) is 6. The van der Waals surface area contributed by atoms with Crippen LogP contribution >= 0.6 is 0 Å². The molecule has 2 aliphatic rings. The molecule has 0 amide bonds. The van der Waals surface area contributed by atoms with Crippen LogP contribution in [0.3, 0.4) is 0 Å². The molecule has 2 aliphatic heterocycles. The minimum absolute atomic E-state index is 0. The molecule has 2 aromatic rings. The summed E-state index contributed by atoms with van der Waals surface area (Å²) in [5.41, 5.74) is 4.69. The number of ether oxygens (including phenoxy) is 1. The maximum absolute atomic E-state index is 7.75. The van der Waals surface area contributed by atoms with Crippen molar-refractivity contribution in [2.45, 2.75) is 39.7 Å². The number of carbonyl (C=O) groups excluding carboxylic acids is 3.